The Labute approximate surface area is 137 Å². The SMILES string of the molecule is COc1cccc(CCC(=O)Nc2cc(C)ccc2C)c1OC. The van der Waals surface area contributed by atoms with Crippen LogP contribution >= 0.6 is 0 Å². The van der Waals surface area contributed by atoms with Crippen LogP contribution in [-0.2, 0) is 11.2 Å². The Hall–Kier alpha value is -2.49. The molecule has 0 aliphatic heterocycles. The summed E-state index contributed by atoms with van der Waals surface area (Å²) in [4.78, 5) is 12.2. The Bertz CT molecular complexity index is 695. The van der Waals surface area contributed by atoms with Gasteiger partial charge in [0.05, 0.1) is 14.2 Å². The van der Waals surface area contributed by atoms with E-state index in [9.17, 15) is 4.79 Å². The number of hydrogen-bond donors (Lipinski definition) is 1. The summed E-state index contributed by atoms with van der Waals surface area (Å²) >= 11 is 0. The summed E-state index contributed by atoms with van der Waals surface area (Å²) in [6, 6.07) is 11.7. The topological polar surface area (TPSA) is 47.6 Å². The molecule has 0 atom stereocenters. The molecule has 0 spiro atoms. The standard InChI is InChI=1S/C19H23NO3/c1-13-8-9-14(2)16(12-13)20-18(21)11-10-15-6-5-7-17(22-3)19(15)23-4/h5-9,12H,10-11H2,1-4H3,(H,20,21). The van der Waals surface area contributed by atoms with Gasteiger partial charge in [-0.2, -0.15) is 0 Å². The Morgan fingerprint density at radius 3 is 2.57 bits per heavy atom. The van der Waals surface area contributed by atoms with E-state index in [0.29, 0.717) is 24.3 Å². The minimum atomic E-state index is -0.0106. The molecule has 4 heteroatoms. The number of hydrogen-bond acceptors (Lipinski definition) is 3. The quantitative estimate of drug-likeness (QED) is 0.880. The molecule has 122 valence electrons. The first kappa shape index (κ1) is 16.9. The highest BCUT2D eigenvalue weighted by Gasteiger charge is 2.12. The molecule has 0 aromatic heterocycles. The number of ether oxygens (including phenoxy) is 2. The molecule has 0 bridgehead atoms. The third-order valence-corrected chi connectivity index (χ3v) is 3.77. The van der Waals surface area contributed by atoms with Crippen molar-refractivity contribution in [1.29, 1.82) is 0 Å². The molecule has 2 aromatic carbocycles. The lowest BCUT2D eigenvalue weighted by atomic mass is 10.1. The van der Waals surface area contributed by atoms with Crippen LogP contribution in [-0.4, -0.2) is 20.1 Å². The second-order valence-corrected chi connectivity index (χ2v) is 5.52. The predicted octanol–water partition coefficient (Wildman–Crippen LogP) is 3.89. The van der Waals surface area contributed by atoms with Gasteiger partial charge in [-0.25, -0.2) is 0 Å². The number of nitrogens with one attached hydrogen (secondary N) is 1. The van der Waals surface area contributed by atoms with Crippen LogP contribution in [0.4, 0.5) is 5.69 Å². The van der Waals surface area contributed by atoms with Gasteiger partial charge in [0.1, 0.15) is 0 Å². The highest BCUT2D eigenvalue weighted by molar-refractivity contribution is 5.91. The van der Waals surface area contributed by atoms with Crippen LogP contribution in [0.2, 0.25) is 0 Å². The van der Waals surface area contributed by atoms with E-state index in [-0.39, 0.29) is 5.91 Å². The van der Waals surface area contributed by atoms with Gasteiger partial charge < -0.3 is 14.8 Å². The number of rotatable bonds is 6. The van der Waals surface area contributed by atoms with Crippen molar-refractivity contribution >= 4 is 11.6 Å². The number of anilines is 1. The van der Waals surface area contributed by atoms with Gasteiger partial charge in [-0.15, -0.1) is 0 Å². The third kappa shape index (κ3) is 4.25. The van der Waals surface area contributed by atoms with E-state index < -0.39 is 0 Å². The second-order valence-electron chi connectivity index (χ2n) is 5.52. The minimum absolute atomic E-state index is 0.0106. The number of carbonyl (C=O) groups excluding carboxylic acids is 1. The predicted molar refractivity (Wildman–Crippen MR) is 92.4 cm³/mol. The number of benzene rings is 2. The molecule has 0 heterocycles. The Morgan fingerprint density at radius 2 is 1.87 bits per heavy atom. The summed E-state index contributed by atoms with van der Waals surface area (Å²) in [5, 5.41) is 2.98. The average molecular weight is 313 g/mol. The molecule has 4 nitrogen and oxygen atoms in total. The van der Waals surface area contributed by atoms with E-state index in [4.69, 9.17) is 9.47 Å². The molecule has 23 heavy (non-hydrogen) atoms. The van der Waals surface area contributed by atoms with Crippen LogP contribution in [0.1, 0.15) is 23.1 Å². The highest BCUT2D eigenvalue weighted by Crippen LogP contribution is 2.31. The van der Waals surface area contributed by atoms with Crippen molar-refractivity contribution in [3.8, 4) is 11.5 Å². The minimum Gasteiger partial charge on any atom is -0.493 e. The van der Waals surface area contributed by atoms with Crippen molar-refractivity contribution < 1.29 is 14.3 Å². The molecule has 0 radical (unpaired) electrons. The molecule has 0 fully saturated rings. The molecule has 2 aromatic rings. The maximum absolute atomic E-state index is 12.2. The normalized spacial score (nSPS) is 10.3. The van der Waals surface area contributed by atoms with E-state index in [1.807, 2.05) is 50.2 Å². The van der Waals surface area contributed by atoms with Crippen molar-refractivity contribution in [2.75, 3.05) is 19.5 Å². The van der Waals surface area contributed by atoms with Gasteiger partial charge in [-0.05, 0) is 49.1 Å². The zero-order valence-electron chi connectivity index (χ0n) is 14.1. The number of methoxy groups -OCH3 is 2. The second kappa shape index (κ2) is 7.68. The zero-order chi connectivity index (χ0) is 16.8. The number of amides is 1. The van der Waals surface area contributed by atoms with Gasteiger partial charge in [0, 0.05) is 12.1 Å². The summed E-state index contributed by atoms with van der Waals surface area (Å²) < 4.78 is 10.7. The van der Waals surface area contributed by atoms with E-state index in [1.165, 1.54) is 0 Å². The number of aryl methyl sites for hydroxylation is 3. The van der Waals surface area contributed by atoms with Crippen LogP contribution in [0.25, 0.3) is 0 Å². The summed E-state index contributed by atoms with van der Waals surface area (Å²) in [6.07, 6.45) is 0.980. The van der Waals surface area contributed by atoms with Gasteiger partial charge in [0.15, 0.2) is 11.5 Å². The molecule has 0 aliphatic rings. The van der Waals surface area contributed by atoms with Crippen molar-refractivity contribution in [1.82, 2.24) is 0 Å². The Kier molecular flexibility index (Phi) is 5.63. The van der Waals surface area contributed by atoms with E-state index in [0.717, 1.165) is 22.4 Å². The molecular weight excluding hydrogens is 290 g/mol. The first-order chi connectivity index (χ1) is 11.0. The van der Waals surface area contributed by atoms with Crippen LogP contribution in [0.5, 0.6) is 11.5 Å². The van der Waals surface area contributed by atoms with E-state index >= 15 is 0 Å². The van der Waals surface area contributed by atoms with Crippen LogP contribution < -0.4 is 14.8 Å². The zero-order valence-corrected chi connectivity index (χ0v) is 14.1. The third-order valence-electron chi connectivity index (χ3n) is 3.77. The fourth-order valence-electron chi connectivity index (χ4n) is 2.48. The maximum atomic E-state index is 12.2. The van der Waals surface area contributed by atoms with Crippen LogP contribution in [0.15, 0.2) is 36.4 Å². The lowest BCUT2D eigenvalue weighted by molar-refractivity contribution is -0.116. The van der Waals surface area contributed by atoms with Crippen molar-refractivity contribution in [3.05, 3.63) is 53.1 Å². The molecular formula is C19H23NO3. The highest BCUT2D eigenvalue weighted by atomic mass is 16.5. The maximum Gasteiger partial charge on any atom is 0.224 e. The number of carbonyl (C=O) groups is 1. The molecule has 0 aliphatic carbocycles. The van der Waals surface area contributed by atoms with Crippen molar-refractivity contribution in [3.63, 3.8) is 0 Å². The molecule has 1 amide bonds. The largest absolute Gasteiger partial charge is 0.493 e. The van der Waals surface area contributed by atoms with Crippen LogP contribution in [0, 0.1) is 13.8 Å². The van der Waals surface area contributed by atoms with E-state index in [2.05, 4.69) is 5.32 Å². The van der Waals surface area contributed by atoms with Crippen molar-refractivity contribution in [2.45, 2.75) is 26.7 Å². The monoisotopic (exact) mass is 313 g/mol. The fourth-order valence-corrected chi connectivity index (χ4v) is 2.48. The first-order valence-corrected chi connectivity index (χ1v) is 7.62. The molecule has 2 rings (SSSR count). The summed E-state index contributed by atoms with van der Waals surface area (Å²) in [7, 11) is 3.21. The van der Waals surface area contributed by atoms with Gasteiger partial charge in [0.2, 0.25) is 5.91 Å². The van der Waals surface area contributed by atoms with E-state index in [1.54, 1.807) is 14.2 Å². The molecule has 0 saturated heterocycles. The van der Waals surface area contributed by atoms with Crippen molar-refractivity contribution in [2.24, 2.45) is 0 Å². The Morgan fingerprint density at radius 1 is 1.09 bits per heavy atom. The lowest BCUT2D eigenvalue weighted by Gasteiger charge is -2.13. The summed E-state index contributed by atoms with van der Waals surface area (Å²) in [5.74, 6) is 1.36. The summed E-state index contributed by atoms with van der Waals surface area (Å²) in [6.45, 7) is 4.00. The molecule has 0 saturated carbocycles. The van der Waals surface area contributed by atoms with Gasteiger partial charge in [-0.1, -0.05) is 24.3 Å². The average Bonchev–Trinajstić information content (AvgIpc) is 2.55. The van der Waals surface area contributed by atoms with Crippen LogP contribution in [0.3, 0.4) is 0 Å². The van der Waals surface area contributed by atoms with Gasteiger partial charge in [0.25, 0.3) is 0 Å². The van der Waals surface area contributed by atoms with Gasteiger partial charge in [-0.3, -0.25) is 4.79 Å². The molecule has 1 N–H and O–H groups in total. The number of para-hydroxylation sites is 1. The Balaban J connectivity index is 2.03. The van der Waals surface area contributed by atoms with Gasteiger partial charge >= 0.3 is 0 Å². The molecule has 0 unspecified atom stereocenters. The first-order valence-electron chi connectivity index (χ1n) is 7.62. The lowest BCUT2D eigenvalue weighted by Crippen LogP contribution is -2.13. The fraction of sp³-hybridized carbons (Fsp3) is 0.316. The smallest absolute Gasteiger partial charge is 0.224 e. The summed E-state index contributed by atoms with van der Waals surface area (Å²) in [5.41, 5.74) is 4.01.